The Morgan fingerprint density at radius 3 is 2.26 bits per heavy atom. The minimum atomic E-state index is -0.164. The number of carbonyl (C=O) groups excluding carboxylic acids is 1. The van der Waals surface area contributed by atoms with Gasteiger partial charge in [0.05, 0.1) is 21.4 Å². The van der Waals surface area contributed by atoms with E-state index in [1.54, 1.807) is 19.1 Å². The van der Waals surface area contributed by atoms with E-state index in [1.165, 1.54) is 18.2 Å². The maximum absolute atomic E-state index is 11.3. The van der Waals surface area contributed by atoms with E-state index in [9.17, 15) is 9.90 Å². The van der Waals surface area contributed by atoms with Crippen molar-refractivity contribution in [3.8, 4) is 5.75 Å². The molecule has 0 aromatic heterocycles. The van der Waals surface area contributed by atoms with Gasteiger partial charge in [-0.3, -0.25) is 4.79 Å². The molecular weight excluding hydrogens is 296 g/mol. The van der Waals surface area contributed by atoms with Gasteiger partial charge in [0, 0.05) is 0 Å². The molecule has 0 unspecified atom stereocenters. The fraction of sp³-hybridized carbons (Fsp3) is 0.0769. The van der Waals surface area contributed by atoms with Crippen LogP contribution in [0.4, 0.5) is 5.69 Å². The summed E-state index contributed by atoms with van der Waals surface area (Å²) in [6.07, 6.45) is 4.75. The summed E-state index contributed by atoms with van der Waals surface area (Å²) in [4.78, 5) is 15.5. The average Bonchev–Trinajstić information content (AvgIpc) is 2.31. The van der Waals surface area contributed by atoms with Gasteiger partial charge in [-0.2, -0.15) is 0 Å². The van der Waals surface area contributed by atoms with Gasteiger partial charge in [-0.15, -0.1) is 0 Å². The van der Waals surface area contributed by atoms with Crippen LogP contribution >= 0.6 is 23.2 Å². The molecular formula is C13H9Cl2NNaO2+. The number of hydrogen-bond donors (Lipinski definition) is 1. The third kappa shape index (κ3) is 3.94. The third-order valence-electron chi connectivity index (χ3n) is 2.42. The number of halogens is 2. The van der Waals surface area contributed by atoms with Crippen molar-refractivity contribution in [3.05, 3.63) is 46.0 Å². The SMILES string of the molecule is CC1=CC(=Nc2cc(Cl)c(O)c(Cl)c2)C=CC1=O.[Na+]. The van der Waals surface area contributed by atoms with Crippen LogP contribution in [0.5, 0.6) is 5.75 Å². The second-order valence-corrected chi connectivity index (χ2v) is 4.63. The van der Waals surface area contributed by atoms with Crippen LogP contribution in [-0.2, 0) is 4.79 Å². The predicted molar refractivity (Wildman–Crippen MR) is 73.1 cm³/mol. The molecule has 0 spiro atoms. The van der Waals surface area contributed by atoms with Crippen molar-refractivity contribution in [2.45, 2.75) is 6.92 Å². The Hall–Kier alpha value is -0.580. The molecule has 0 radical (unpaired) electrons. The molecule has 0 heterocycles. The first-order valence-corrected chi connectivity index (χ1v) is 5.90. The number of phenolic OH excluding ortho intramolecular Hbond substituents is 1. The Morgan fingerprint density at radius 2 is 1.74 bits per heavy atom. The number of rotatable bonds is 1. The number of aromatic hydroxyl groups is 1. The molecule has 92 valence electrons. The van der Waals surface area contributed by atoms with Crippen molar-refractivity contribution in [3.63, 3.8) is 0 Å². The van der Waals surface area contributed by atoms with E-state index in [2.05, 4.69) is 4.99 Å². The van der Waals surface area contributed by atoms with E-state index in [0.29, 0.717) is 17.0 Å². The molecule has 6 heteroatoms. The van der Waals surface area contributed by atoms with Crippen molar-refractivity contribution >= 4 is 40.4 Å². The normalized spacial score (nSPS) is 16.3. The number of carbonyl (C=O) groups is 1. The molecule has 1 aliphatic carbocycles. The van der Waals surface area contributed by atoms with Gasteiger partial charge in [-0.05, 0) is 42.9 Å². The summed E-state index contributed by atoms with van der Waals surface area (Å²) < 4.78 is 0. The number of ketones is 1. The largest absolute Gasteiger partial charge is 1.00 e. The molecule has 0 amide bonds. The van der Waals surface area contributed by atoms with Gasteiger partial charge < -0.3 is 5.11 Å². The van der Waals surface area contributed by atoms with Gasteiger partial charge in [-0.1, -0.05) is 23.2 Å². The molecule has 0 bridgehead atoms. The Bertz CT molecular complexity index is 598. The maximum atomic E-state index is 11.3. The summed E-state index contributed by atoms with van der Waals surface area (Å²) in [5.41, 5.74) is 1.76. The molecule has 1 aliphatic rings. The molecule has 2 rings (SSSR count). The van der Waals surface area contributed by atoms with E-state index in [4.69, 9.17) is 23.2 Å². The van der Waals surface area contributed by atoms with Gasteiger partial charge in [0.2, 0.25) is 0 Å². The quantitative estimate of drug-likeness (QED) is 0.618. The van der Waals surface area contributed by atoms with Crippen LogP contribution in [0.3, 0.4) is 0 Å². The van der Waals surface area contributed by atoms with Crippen molar-refractivity contribution in [2.24, 2.45) is 4.99 Å². The minimum absolute atomic E-state index is 0. The topological polar surface area (TPSA) is 49.7 Å². The zero-order valence-corrected chi connectivity index (χ0v) is 14.0. The van der Waals surface area contributed by atoms with E-state index < -0.39 is 0 Å². The molecule has 1 aromatic carbocycles. The Labute approximate surface area is 142 Å². The number of aliphatic imine (C=N–C) groups is 1. The van der Waals surface area contributed by atoms with Crippen molar-refractivity contribution in [1.82, 2.24) is 0 Å². The van der Waals surface area contributed by atoms with Crippen LogP contribution in [0.15, 0.2) is 40.9 Å². The molecule has 0 saturated carbocycles. The molecule has 1 N–H and O–H groups in total. The second-order valence-electron chi connectivity index (χ2n) is 3.82. The Kier molecular flexibility index (Phi) is 5.83. The minimum Gasteiger partial charge on any atom is -0.505 e. The van der Waals surface area contributed by atoms with Crippen LogP contribution in [0.2, 0.25) is 10.0 Å². The van der Waals surface area contributed by atoms with Crippen LogP contribution in [0.25, 0.3) is 0 Å². The third-order valence-corrected chi connectivity index (χ3v) is 2.99. The first kappa shape index (κ1) is 16.5. The summed E-state index contributed by atoms with van der Waals surface area (Å²) in [6, 6.07) is 3.01. The Morgan fingerprint density at radius 1 is 1.16 bits per heavy atom. The monoisotopic (exact) mass is 304 g/mol. The van der Waals surface area contributed by atoms with E-state index in [1.807, 2.05) is 0 Å². The molecule has 0 saturated heterocycles. The smallest absolute Gasteiger partial charge is 0.505 e. The summed E-state index contributed by atoms with van der Waals surface area (Å²) in [7, 11) is 0. The van der Waals surface area contributed by atoms with Crippen LogP contribution in [-0.4, -0.2) is 16.6 Å². The van der Waals surface area contributed by atoms with Gasteiger partial charge >= 0.3 is 29.6 Å². The number of allylic oxidation sites excluding steroid dienone is 4. The molecule has 0 fully saturated rings. The summed E-state index contributed by atoms with van der Waals surface area (Å²) in [6.45, 7) is 1.72. The number of nitrogens with zero attached hydrogens (tertiary/aromatic N) is 1. The summed E-state index contributed by atoms with van der Waals surface area (Å²) in [5.74, 6) is -0.195. The molecule has 3 nitrogen and oxygen atoms in total. The zero-order valence-electron chi connectivity index (χ0n) is 10.4. The molecule has 1 aromatic rings. The standard InChI is InChI=1S/C13H9Cl2NO2.Na/c1-7-4-8(2-3-12(7)17)16-9-5-10(14)13(18)11(15)6-9;/h2-6,18H,1H3;/q;+1. The van der Waals surface area contributed by atoms with E-state index >= 15 is 0 Å². The maximum Gasteiger partial charge on any atom is 1.00 e. The number of hydrogen-bond acceptors (Lipinski definition) is 3. The first-order valence-electron chi connectivity index (χ1n) is 5.15. The number of benzene rings is 1. The van der Waals surface area contributed by atoms with Gasteiger partial charge in [0.1, 0.15) is 0 Å². The van der Waals surface area contributed by atoms with Crippen molar-refractivity contribution in [2.75, 3.05) is 0 Å². The van der Waals surface area contributed by atoms with Gasteiger partial charge in [-0.25, -0.2) is 4.99 Å². The molecule has 0 atom stereocenters. The molecule has 19 heavy (non-hydrogen) atoms. The van der Waals surface area contributed by atoms with Crippen LogP contribution in [0, 0.1) is 0 Å². The van der Waals surface area contributed by atoms with E-state index in [-0.39, 0.29) is 51.1 Å². The van der Waals surface area contributed by atoms with Crippen molar-refractivity contribution < 1.29 is 39.5 Å². The second kappa shape index (κ2) is 6.73. The van der Waals surface area contributed by atoms with Crippen LogP contribution in [0.1, 0.15) is 6.92 Å². The summed E-state index contributed by atoms with van der Waals surface area (Å²) in [5, 5.41) is 9.71. The van der Waals surface area contributed by atoms with Gasteiger partial charge in [0.25, 0.3) is 0 Å². The van der Waals surface area contributed by atoms with Crippen molar-refractivity contribution in [1.29, 1.82) is 0 Å². The predicted octanol–water partition coefficient (Wildman–Crippen LogP) is 0.861. The van der Waals surface area contributed by atoms with Gasteiger partial charge in [0.15, 0.2) is 11.5 Å². The molecule has 0 aliphatic heterocycles. The average molecular weight is 305 g/mol. The van der Waals surface area contributed by atoms with E-state index in [0.717, 1.165) is 0 Å². The summed E-state index contributed by atoms with van der Waals surface area (Å²) >= 11 is 11.6. The first-order chi connectivity index (χ1) is 8.47. The Balaban J connectivity index is 0.00000180. The van der Waals surface area contributed by atoms with Crippen LogP contribution < -0.4 is 29.6 Å². The number of phenols is 1. The fourth-order valence-corrected chi connectivity index (χ4v) is 1.94. The zero-order chi connectivity index (χ0) is 13.3. The fourth-order valence-electron chi connectivity index (χ4n) is 1.47.